The average Bonchev–Trinajstić information content (AvgIpc) is 2.98. The normalized spacial score (nSPS) is 24.9. The van der Waals surface area contributed by atoms with Gasteiger partial charge in [-0.1, -0.05) is 0 Å². The van der Waals surface area contributed by atoms with Crippen LogP contribution in [0.3, 0.4) is 0 Å². The molecular weight excluding hydrogens is 246 g/mol. The third-order valence-electron chi connectivity index (χ3n) is 4.05. The van der Waals surface area contributed by atoms with E-state index in [1.165, 1.54) is 13.2 Å². The second-order valence-corrected chi connectivity index (χ2v) is 5.06. The van der Waals surface area contributed by atoms with Crippen molar-refractivity contribution in [3.8, 4) is 5.75 Å². The molecule has 1 N–H and O–H groups in total. The van der Waals surface area contributed by atoms with Gasteiger partial charge < -0.3 is 14.7 Å². The molecule has 1 aliphatic heterocycles. The highest BCUT2D eigenvalue weighted by Gasteiger charge is 2.45. The molecular formula is C14H15NO4. The summed E-state index contributed by atoms with van der Waals surface area (Å²) in [5, 5.41) is 9.05. The number of carboxylic acids is 1. The van der Waals surface area contributed by atoms with Gasteiger partial charge in [-0.3, -0.25) is 4.79 Å². The van der Waals surface area contributed by atoms with E-state index in [0.717, 1.165) is 24.9 Å². The molecule has 1 saturated carbocycles. The molecule has 2 aliphatic rings. The Labute approximate surface area is 110 Å². The van der Waals surface area contributed by atoms with Crippen molar-refractivity contribution in [2.24, 2.45) is 5.92 Å². The lowest BCUT2D eigenvalue weighted by atomic mass is 10.1. The number of methoxy groups -OCH3 is 1. The van der Waals surface area contributed by atoms with Crippen molar-refractivity contribution < 1.29 is 19.4 Å². The Morgan fingerprint density at radius 1 is 1.42 bits per heavy atom. The van der Waals surface area contributed by atoms with Crippen LogP contribution in [0.1, 0.15) is 29.6 Å². The predicted molar refractivity (Wildman–Crippen MR) is 68.6 cm³/mol. The first kappa shape index (κ1) is 12.0. The highest BCUT2D eigenvalue weighted by Crippen LogP contribution is 2.42. The quantitative estimate of drug-likeness (QED) is 0.902. The number of nitrogens with zero attached hydrogens (tertiary/aromatic N) is 1. The summed E-state index contributed by atoms with van der Waals surface area (Å²) in [4.78, 5) is 25.0. The molecule has 1 amide bonds. The number of amides is 1. The molecule has 3 rings (SSSR count). The van der Waals surface area contributed by atoms with Gasteiger partial charge in [0.15, 0.2) is 0 Å². The predicted octanol–water partition coefficient (Wildman–Crippen LogP) is 1.91. The van der Waals surface area contributed by atoms with E-state index in [9.17, 15) is 9.59 Å². The fourth-order valence-corrected chi connectivity index (χ4v) is 3.14. The smallest absolute Gasteiger partial charge is 0.339 e. The third kappa shape index (κ3) is 1.77. The molecule has 19 heavy (non-hydrogen) atoms. The summed E-state index contributed by atoms with van der Waals surface area (Å²) in [6, 6.07) is 5.08. The average molecular weight is 261 g/mol. The maximum Gasteiger partial charge on any atom is 0.339 e. The Bertz CT molecular complexity index is 554. The van der Waals surface area contributed by atoms with Crippen molar-refractivity contribution in [3.05, 3.63) is 23.8 Å². The van der Waals surface area contributed by atoms with Crippen molar-refractivity contribution in [1.29, 1.82) is 0 Å². The highest BCUT2D eigenvalue weighted by atomic mass is 16.5. The molecule has 1 heterocycles. The highest BCUT2D eigenvalue weighted by molar-refractivity contribution is 6.00. The lowest BCUT2D eigenvalue weighted by Gasteiger charge is -2.27. The molecule has 0 unspecified atom stereocenters. The van der Waals surface area contributed by atoms with Crippen LogP contribution in [0, 0.1) is 5.92 Å². The lowest BCUT2D eigenvalue weighted by Crippen LogP contribution is -2.36. The minimum absolute atomic E-state index is 0.114. The number of piperidine rings is 1. The molecule has 2 fully saturated rings. The van der Waals surface area contributed by atoms with Crippen molar-refractivity contribution >= 4 is 17.6 Å². The molecule has 5 heteroatoms. The largest absolute Gasteiger partial charge is 0.496 e. The van der Waals surface area contributed by atoms with Crippen LogP contribution in [-0.4, -0.2) is 30.1 Å². The molecule has 0 aromatic heterocycles. The maximum absolute atomic E-state index is 12.2. The first-order chi connectivity index (χ1) is 9.11. The van der Waals surface area contributed by atoms with Gasteiger partial charge in [0.25, 0.3) is 0 Å². The Balaban J connectivity index is 1.98. The number of anilines is 1. The minimum atomic E-state index is -1.03. The number of ether oxygens (including phenoxy) is 1. The first-order valence-electron chi connectivity index (χ1n) is 6.36. The third-order valence-corrected chi connectivity index (χ3v) is 4.05. The van der Waals surface area contributed by atoms with Gasteiger partial charge in [-0.2, -0.15) is 0 Å². The fraction of sp³-hybridized carbons (Fsp3) is 0.429. The lowest BCUT2D eigenvalue weighted by molar-refractivity contribution is -0.121. The van der Waals surface area contributed by atoms with Gasteiger partial charge in [0, 0.05) is 23.7 Å². The summed E-state index contributed by atoms with van der Waals surface area (Å²) in [6.45, 7) is 0. The Morgan fingerprint density at radius 2 is 2.21 bits per heavy atom. The monoisotopic (exact) mass is 261 g/mol. The number of carbonyl (C=O) groups is 2. The fourth-order valence-electron chi connectivity index (χ4n) is 3.14. The summed E-state index contributed by atoms with van der Waals surface area (Å²) in [7, 11) is 1.43. The van der Waals surface area contributed by atoms with Crippen LogP contribution in [0.4, 0.5) is 5.69 Å². The van der Waals surface area contributed by atoms with Crippen molar-refractivity contribution in [1.82, 2.24) is 0 Å². The number of hydrogen-bond donors (Lipinski definition) is 1. The van der Waals surface area contributed by atoms with Gasteiger partial charge >= 0.3 is 5.97 Å². The van der Waals surface area contributed by atoms with Crippen LogP contribution < -0.4 is 9.64 Å². The van der Waals surface area contributed by atoms with Crippen LogP contribution in [-0.2, 0) is 4.79 Å². The summed E-state index contributed by atoms with van der Waals surface area (Å²) >= 11 is 0. The molecule has 1 aliphatic carbocycles. The second-order valence-electron chi connectivity index (χ2n) is 5.06. The van der Waals surface area contributed by atoms with E-state index in [1.54, 1.807) is 17.0 Å². The molecule has 1 aromatic rings. The Kier molecular flexibility index (Phi) is 2.69. The van der Waals surface area contributed by atoms with Gasteiger partial charge in [0.05, 0.1) is 7.11 Å². The SMILES string of the molecule is COc1cc(N2C(=O)[C@H]3CC[C@@H]2C3)ccc1C(=O)O. The number of carbonyl (C=O) groups excluding carboxylic acids is 1. The zero-order valence-corrected chi connectivity index (χ0v) is 10.6. The molecule has 0 radical (unpaired) electrons. The Hall–Kier alpha value is -2.04. The van der Waals surface area contributed by atoms with E-state index < -0.39 is 5.97 Å². The standard InChI is InChI=1S/C14H15NO4/c1-19-12-7-10(4-5-11(12)14(17)18)15-9-3-2-8(6-9)13(15)16/h4-5,7-9H,2-3,6H2,1H3,(H,17,18)/t8-,9+/m0/s1. The van der Waals surface area contributed by atoms with Gasteiger partial charge in [-0.15, -0.1) is 0 Å². The van der Waals surface area contributed by atoms with Gasteiger partial charge in [0.1, 0.15) is 11.3 Å². The van der Waals surface area contributed by atoms with E-state index in [1.807, 2.05) is 0 Å². The van der Waals surface area contributed by atoms with Gasteiger partial charge in [0.2, 0.25) is 5.91 Å². The summed E-state index contributed by atoms with van der Waals surface area (Å²) < 4.78 is 5.10. The van der Waals surface area contributed by atoms with Crippen molar-refractivity contribution in [2.75, 3.05) is 12.0 Å². The number of rotatable bonds is 3. The van der Waals surface area contributed by atoms with Crippen LogP contribution in [0.25, 0.3) is 0 Å². The van der Waals surface area contributed by atoms with Gasteiger partial charge in [-0.25, -0.2) is 4.79 Å². The zero-order valence-electron chi connectivity index (χ0n) is 10.6. The summed E-state index contributed by atoms with van der Waals surface area (Å²) in [5.74, 6) is -0.435. The van der Waals surface area contributed by atoms with Crippen LogP contribution >= 0.6 is 0 Å². The number of fused-ring (bicyclic) bond motifs is 2. The summed E-state index contributed by atoms with van der Waals surface area (Å²) in [6.07, 6.45) is 2.92. The van der Waals surface area contributed by atoms with Crippen molar-refractivity contribution in [2.45, 2.75) is 25.3 Å². The number of carboxylic acid groups (broad SMARTS) is 1. The molecule has 0 spiro atoms. The van der Waals surface area contributed by atoms with Crippen LogP contribution in [0.5, 0.6) is 5.75 Å². The van der Waals surface area contributed by atoms with E-state index in [0.29, 0.717) is 5.75 Å². The number of hydrogen-bond acceptors (Lipinski definition) is 3. The topological polar surface area (TPSA) is 66.8 Å². The number of benzene rings is 1. The molecule has 1 aromatic carbocycles. The Morgan fingerprint density at radius 3 is 2.79 bits per heavy atom. The molecule has 100 valence electrons. The molecule has 2 bridgehead atoms. The van der Waals surface area contributed by atoms with E-state index >= 15 is 0 Å². The van der Waals surface area contributed by atoms with Gasteiger partial charge in [-0.05, 0) is 31.4 Å². The van der Waals surface area contributed by atoms with E-state index in [4.69, 9.17) is 9.84 Å². The zero-order chi connectivity index (χ0) is 13.6. The first-order valence-corrected chi connectivity index (χ1v) is 6.36. The van der Waals surface area contributed by atoms with E-state index in [-0.39, 0.29) is 23.4 Å². The van der Waals surface area contributed by atoms with Crippen LogP contribution in [0.15, 0.2) is 18.2 Å². The second kappa shape index (κ2) is 4.26. The molecule has 2 atom stereocenters. The van der Waals surface area contributed by atoms with Crippen molar-refractivity contribution in [3.63, 3.8) is 0 Å². The van der Waals surface area contributed by atoms with Crippen LogP contribution in [0.2, 0.25) is 0 Å². The summed E-state index contributed by atoms with van der Waals surface area (Å²) in [5.41, 5.74) is 0.849. The molecule has 1 saturated heterocycles. The van der Waals surface area contributed by atoms with E-state index in [2.05, 4.69) is 0 Å². The maximum atomic E-state index is 12.2. The minimum Gasteiger partial charge on any atom is -0.496 e. The number of aromatic carboxylic acids is 1. The molecule has 5 nitrogen and oxygen atoms in total.